The van der Waals surface area contributed by atoms with E-state index < -0.39 is 0 Å². The highest BCUT2D eigenvalue weighted by molar-refractivity contribution is 5.93. The van der Waals surface area contributed by atoms with Crippen molar-refractivity contribution in [2.45, 2.75) is 0 Å². The number of nitrogens with zero attached hydrogens (tertiary/aromatic N) is 7. The number of anilines is 2. The van der Waals surface area contributed by atoms with E-state index in [1.807, 2.05) is 54.2 Å². The number of rotatable bonds is 3. The van der Waals surface area contributed by atoms with Gasteiger partial charge >= 0.3 is 0 Å². The van der Waals surface area contributed by atoms with Gasteiger partial charge in [0, 0.05) is 36.1 Å². The van der Waals surface area contributed by atoms with Crippen molar-refractivity contribution in [1.82, 2.24) is 29.5 Å². The molecule has 0 bridgehead atoms. The van der Waals surface area contributed by atoms with Gasteiger partial charge in [0.05, 0.1) is 5.52 Å². The molecule has 3 heterocycles. The van der Waals surface area contributed by atoms with Gasteiger partial charge in [-0.05, 0) is 29.8 Å². The van der Waals surface area contributed by atoms with E-state index in [0.29, 0.717) is 5.78 Å². The Hall–Kier alpha value is -3.87. The molecule has 5 rings (SSSR count). The summed E-state index contributed by atoms with van der Waals surface area (Å²) in [6.45, 7) is 0. The highest BCUT2D eigenvalue weighted by Crippen LogP contribution is 2.31. The molecule has 0 radical (unpaired) electrons. The van der Waals surface area contributed by atoms with Gasteiger partial charge in [-0.3, -0.25) is 4.40 Å². The lowest BCUT2D eigenvalue weighted by Gasteiger charge is -2.21. The molecule has 0 N–H and O–H groups in total. The minimum absolute atomic E-state index is 0.572. The van der Waals surface area contributed by atoms with Gasteiger partial charge in [-0.25, -0.2) is 9.97 Å². The Morgan fingerprint density at radius 1 is 0.926 bits per heavy atom. The van der Waals surface area contributed by atoms with Gasteiger partial charge in [-0.2, -0.15) is 4.98 Å². The zero-order chi connectivity index (χ0) is 18.2. The maximum Gasteiger partial charge on any atom is 0.257 e. The molecule has 0 aliphatic rings. The van der Waals surface area contributed by atoms with Gasteiger partial charge in [0.2, 0.25) is 0 Å². The molecule has 27 heavy (non-hydrogen) atoms. The van der Waals surface area contributed by atoms with Crippen molar-refractivity contribution in [3.8, 4) is 11.1 Å². The van der Waals surface area contributed by atoms with Crippen LogP contribution in [0.4, 0.5) is 11.5 Å². The van der Waals surface area contributed by atoms with Crippen molar-refractivity contribution in [2.24, 2.45) is 0 Å². The molecule has 0 saturated heterocycles. The summed E-state index contributed by atoms with van der Waals surface area (Å²) >= 11 is 0. The Labute approximate surface area is 155 Å². The van der Waals surface area contributed by atoms with Crippen LogP contribution in [0.1, 0.15) is 0 Å². The van der Waals surface area contributed by atoms with Crippen molar-refractivity contribution < 1.29 is 0 Å². The second-order valence-electron chi connectivity index (χ2n) is 6.19. The first-order valence-electron chi connectivity index (χ1n) is 8.49. The third-order valence-corrected chi connectivity index (χ3v) is 4.59. The molecule has 5 aromatic rings. The topological polar surface area (TPSA) is 72.1 Å². The van der Waals surface area contributed by atoms with Crippen LogP contribution < -0.4 is 4.90 Å². The first-order chi connectivity index (χ1) is 13.3. The van der Waals surface area contributed by atoms with Crippen LogP contribution >= 0.6 is 0 Å². The summed E-state index contributed by atoms with van der Waals surface area (Å²) in [5.74, 6) is 1.40. The van der Waals surface area contributed by atoms with Crippen LogP contribution in [0.2, 0.25) is 0 Å². The van der Waals surface area contributed by atoms with Gasteiger partial charge in [0.25, 0.3) is 5.78 Å². The summed E-state index contributed by atoms with van der Waals surface area (Å²) in [5, 5.41) is 9.15. The number of benzene rings is 2. The van der Waals surface area contributed by atoms with E-state index in [4.69, 9.17) is 4.98 Å². The Morgan fingerprint density at radius 3 is 2.67 bits per heavy atom. The van der Waals surface area contributed by atoms with E-state index in [2.05, 4.69) is 43.3 Å². The predicted octanol–water partition coefficient (Wildman–Crippen LogP) is 3.50. The maximum atomic E-state index is 4.73. The summed E-state index contributed by atoms with van der Waals surface area (Å²) in [6, 6.07) is 16.3. The van der Waals surface area contributed by atoms with Crippen molar-refractivity contribution in [3.63, 3.8) is 0 Å². The third-order valence-electron chi connectivity index (χ3n) is 4.59. The van der Waals surface area contributed by atoms with Crippen LogP contribution in [0, 0.1) is 0 Å². The fourth-order valence-corrected chi connectivity index (χ4v) is 3.22. The van der Waals surface area contributed by atoms with Crippen LogP contribution in [-0.4, -0.2) is 36.6 Å². The lowest BCUT2D eigenvalue weighted by atomic mass is 10.1. The number of hydrogen-bond acceptors (Lipinski definition) is 6. The largest absolute Gasteiger partial charge is 0.329 e. The highest BCUT2D eigenvalue weighted by Gasteiger charge is 2.14. The van der Waals surface area contributed by atoms with Gasteiger partial charge < -0.3 is 4.90 Å². The van der Waals surface area contributed by atoms with Crippen molar-refractivity contribution in [2.75, 3.05) is 11.9 Å². The summed E-state index contributed by atoms with van der Waals surface area (Å²) in [6.07, 6.45) is 6.83. The Bertz CT molecular complexity index is 1250. The average Bonchev–Trinajstić information content (AvgIpc) is 3.22. The first kappa shape index (κ1) is 15.4. The second-order valence-corrected chi connectivity index (χ2v) is 6.19. The Kier molecular flexibility index (Phi) is 3.50. The van der Waals surface area contributed by atoms with E-state index in [1.54, 1.807) is 6.33 Å². The molecule has 0 aliphatic carbocycles. The lowest BCUT2D eigenvalue weighted by Crippen LogP contribution is -2.13. The fraction of sp³-hybridized carbons (Fsp3) is 0.0500. The van der Waals surface area contributed by atoms with Crippen molar-refractivity contribution in [3.05, 3.63) is 73.6 Å². The maximum absolute atomic E-state index is 4.73. The number of hydrogen-bond donors (Lipinski definition) is 0. The Morgan fingerprint density at radius 2 is 1.78 bits per heavy atom. The summed E-state index contributed by atoms with van der Waals surface area (Å²) < 4.78 is 1.89. The molecule has 0 atom stereocenters. The lowest BCUT2D eigenvalue weighted by molar-refractivity contribution is 1.08. The molecule has 0 saturated carbocycles. The predicted molar refractivity (Wildman–Crippen MR) is 104 cm³/mol. The van der Waals surface area contributed by atoms with Crippen LogP contribution in [0.15, 0.2) is 73.6 Å². The number of aromatic nitrogens is 6. The molecule has 0 unspecified atom stereocenters. The molecule has 0 fully saturated rings. The van der Waals surface area contributed by atoms with E-state index >= 15 is 0 Å². The number of fused-ring (bicyclic) bond motifs is 3. The molecule has 0 spiro atoms. The highest BCUT2D eigenvalue weighted by atomic mass is 15.3. The SMILES string of the molecule is CN(c1cccc(-c2cncnc2)c1)c1nc2nncn2c2ccccc12. The van der Waals surface area contributed by atoms with Crippen LogP contribution in [0.5, 0.6) is 0 Å². The molecule has 130 valence electrons. The first-order valence-corrected chi connectivity index (χ1v) is 8.49. The molecular weight excluding hydrogens is 338 g/mol. The van der Waals surface area contributed by atoms with Crippen LogP contribution in [0.3, 0.4) is 0 Å². The molecule has 2 aromatic carbocycles. The molecule has 7 nitrogen and oxygen atoms in total. The molecule has 0 aliphatic heterocycles. The van der Waals surface area contributed by atoms with Crippen molar-refractivity contribution >= 4 is 28.2 Å². The quantitative estimate of drug-likeness (QED) is 0.494. The summed E-state index contributed by atoms with van der Waals surface area (Å²) in [5.41, 5.74) is 4.05. The molecule has 0 amide bonds. The van der Waals surface area contributed by atoms with Gasteiger partial charge in [-0.1, -0.05) is 24.3 Å². The zero-order valence-electron chi connectivity index (χ0n) is 14.6. The van der Waals surface area contributed by atoms with Gasteiger partial charge in [0.15, 0.2) is 0 Å². The van der Waals surface area contributed by atoms with Gasteiger partial charge in [0.1, 0.15) is 18.5 Å². The van der Waals surface area contributed by atoms with E-state index in [1.165, 1.54) is 6.33 Å². The minimum atomic E-state index is 0.572. The third kappa shape index (κ3) is 2.56. The van der Waals surface area contributed by atoms with Crippen LogP contribution in [-0.2, 0) is 0 Å². The van der Waals surface area contributed by atoms with Crippen molar-refractivity contribution in [1.29, 1.82) is 0 Å². The Balaban J connectivity index is 1.67. The second kappa shape index (κ2) is 6.14. The van der Waals surface area contributed by atoms with E-state index in [9.17, 15) is 0 Å². The van der Waals surface area contributed by atoms with Crippen LogP contribution in [0.25, 0.3) is 27.8 Å². The summed E-state index contributed by atoms with van der Waals surface area (Å²) in [7, 11) is 2.00. The smallest absolute Gasteiger partial charge is 0.257 e. The molecule has 3 aromatic heterocycles. The number of para-hydroxylation sites is 1. The average molecular weight is 353 g/mol. The summed E-state index contributed by atoms with van der Waals surface area (Å²) in [4.78, 5) is 15.0. The minimum Gasteiger partial charge on any atom is -0.329 e. The van der Waals surface area contributed by atoms with E-state index in [-0.39, 0.29) is 0 Å². The fourth-order valence-electron chi connectivity index (χ4n) is 3.22. The normalized spacial score (nSPS) is 11.1. The monoisotopic (exact) mass is 353 g/mol. The molecular formula is C20H15N7. The van der Waals surface area contributed by atoms with Gasteiger partial charge in [-0.15, -0.1) is 10.2 Å². The molecule has 7 heteroatoms. The zero-order valence-corrected chi connectivity index (χ0v) is 14.6. The standard InChI is InChI=1S/C20H15N7/c1-26(16-6-4-5-14(9-16)15-10-21-12-22-11-15)19-17-7-2-3-8-18(17)27-13-23-25-20(27)24-19/h2-13H,1H3. The van der Waals surface area contributed by atoms with E-state index in [0.717, 1.165) is 33.5 Å².